The molecule has 118 valence electrons. The van der Waals surface area contributed by atoms with Crippen molar-refractivity contribution in [1.29, 1.82) is 0 Å². The van der Waals surface area contributed by atoms with Crippen LogP contribution in [0.4, 0.5) is 0 Å². The van der Waals surface area contributed by atoms with E-state index < -0.39 is 10.0 Å². The molecular weight excluding hydrogens is 280 g/mol. The van der Waals surface area contributed by atoms with Crippen LogP contribution < -0.4 is 4.72 Å². The molecule has 1 saturated heterocycles. The predicted octanol–water partition coefficient (Wildman–Crippen LogP) is 0.735. The summed E-state index contributed by atoms with van der Waals surface area (Å²) >= 11 is 0. The average Bonchev–Trinajstić information content (AvgIpc) is 2.67. The van der Waals surface area contributed by atoms with E-state index in [4.69, 9.17) is 0 Å². The van der Waals surface area contributed by atoms with Crippen molar-refractivity contribution >= 4 is 16.0 Å². The molecule has 0 radical (unpaired) electrons. The van der Waals surface area contributed by atoms with Gasteiger partial charge in [-0.05, 0) is 32.4 Å². The van der Waals surface area contributed by atoms with Crippen molar-refractivity contribution in [1.82, 2.24) is 9.62 Å². The van der Waals surface area contributed by atoms with Gasteiger partial charge in [-0.3, -0.25) is 4.79 Å². The van der Waals surface area contributed by atoms with Crippen LogP contribution >= 0.6 is 0 Å². The number of likely N-dealkylation sites (tertiary alicyclic amines) is 1. The number of ether oxygens (including phenoxy) is 1. The van der Waals surface area contributed by atoms with Crippen molar-refractivity contribution in [3.05, 3.63) is 0 Å². The van der Waals surface area contributed by atoms with Gasteiger partial charge in [0.2, 0.25) is 10.0 Å². The molecule has 0 amide bonds. The molecule has 1 N–H and O–H groups in total. The van der Waals surface area contributed by atoms with Gasteiger partial charge >= 0.3 is 5.97 Å². The number of carbonyl (C=O) groups is 1. The van der Waals surface area contributed by atoms with E-state index in [0.29, 0.717) is 13.0 Å². The molecule has 0 spiro atoms. The lowest BCUT2D eigenvalue weighted by Crippen LogP contribution is -2.36. The molecule has 0 atom stereocenters. The minimum Gasteiger partial charge on any atom is -0.469 e. The lowest BCUT2D eigenvalue weighted by Gasteiger charge is -2.19. The van der Waals surface area contributed by atoms with Gasteiger partial charge in [0.25, 0.3) is 0 Å². The fourth-order valence-electron chi connectivity index (χ4n) is 2.30. The van der Waals surface area contributed by atoms with Crippen LogP contribution in [-0.2, 0) is 19.6 Å². The number of hydrogen-bond acceptors (Lipinski definition) is 5. The largest absolute Gasteiger partial charge is 0.469 e. The Morgan fingerprint density at radius 2 is 1.85 bits per heavy atom. The van der Waals surface area contributed by atoms with Gasteiger partial charge in [-0.1, -0.05) is 12.8 Å². The van der Waals surface area contributed by atoms with E-state index >= 15 is 0 Å². The standard InChI is InChI=1S/C13H26N2O4S/c1-19-13(16)7-6-12-20(17,18)14-8-11-15-9-4-2-3-5-10-15/h14H,2-12H2,1H3. The first-order valence-electron chi connectivity index (χ1n) is 7.30. The topological polar surface area (TPSA) is 75.7 Å². The molecule has 0 unspecified atom stereocenters. The van der Waals surface area contributed by atoms with Crippen molar-refractivity contribution in [3.8, 4) is 0 Å². The van der Waals surface area contributed by atoms with Gasteiger partial charge in [-0.25, -0.2) is 13.1 Å². The van der Waals surface area contributed by atoms with Crippen LogP contribution in [0.25, 0.3) is 0 Å². The summed E-state index contributed by atoms with van der Waals surface area (Å²) in [5.74, 6) is -0.396. The molecule has 0 aromatic heterocycles. The number of hydrogen-bond donors (Lipinski definition) is 1. The van der Waals surface area contributed by atoms with Gasteiger partial charge in [0.05, 0.1) is 12.9 Å². The summed E-state index contributed by atoms with van der Waals surface area (Å²) in [6, 6.07) is 0. The lowest BCUT2D eigenvalue weighted by molar-refractivity contribution is -0.140. The zero-order valence-electron chi connectivity index (χ0n) is 12.3. The molecule has 1 aliphatic heterocycles. The maximum absolute atomic E-state index is 11.7. The highest BCUT2D eigenvalue weighted by atomic mass is 32.2. The van der Waals surface area contributed by atoms with E-state index in [9.17, 15) is 13.2 Å². The number of methoxy groups -OCH3 is 1. The molecule has 6 nitrogen and oxygen atoms in total. The van der Waals surface area contributed by atoms with E-state index in [-0.39, 0.29) is 18.1 Å². The van der Waals surface area contributed by atoms with Crippen molar-refractivity contribution < 1.29 is 17.9 Å². The van der Waals surface area contributed by atoms with Crippen LogP contribution in [0, 0.1) is 0 Å². The summed E-state index contributed by atoms with van der Waals surface area (Å²) in [5, 5.41) is 0. The number of rotatable bonds is 8. The fraction of sp³-hybridized carbons (Fsp3) is 0.923. The van der Waals surface area contributed by atoms with E-state index in [2.05, 4.69) is 14.4 Å². The van der Waals surface area contributed by atoms with Crippen molar-refractivity contribution in [2.24, 2.45) is 0 Å². The second-order valence-corrected chi connectivity index (χ2v) is 7.08. The SMILES string of the molecule is COC(=O)CCCS(=O)(=O)NCCN1CCCCCC1. The van der Waals surface area contributed by atoms with Gasteiger partial charge in [0.15, 0.2) is 0 Å². The molecule has 1 rings (SSSR count). The molecular formula is C13H26N2O4S. The molecule has 0 aromatic rings. The van der Waals surface area contributed by atoms with Crippen LogP contribution in [0.1, 0.15) is 38.5 Å². The monoisotopic (exact) mass is 306 g/mol. The Bertz CT molecular complexity index is 376. The summed E-state index contributed by atoms with van der Waals surface area (Å²) in [4.78, 5) is 13.2. The summed E-state index contributed by atoms with van der Waals surface area (Å²) in [6.07, 6.45) is 5.39. The number of sulfonamides is 1. The number of esters is 1. The molecule has 1 fully saturated rings. The van der Waals surface area contributed by atoms with Crippen molar-refractivity contribution in [2.75, 3.05) is 39.0 Å². The minimum atomic E-state index is -3.28. The smallest absolute Gasteiger partial charge is 0.305 e. The maximum Gasteiger partial charge on any atom is 0.305 e. The van der Waals surface area contributed by atoms with E-state index in [1.54, 1.807) is 0 Å². The third-order valence-corrected chi connectivity index (χ3v) is 4.94. The third kappa shape index (κ3) is 7.81. The Morgan fingerprint density at radius 1 is 1.20 bits per heavy atom. The van der Waals surface area contributed by atoms with Gasteiger partial charge < -0.3 is 9.64 Å². The lowest BCUT2D eigenvalue weighted by atomic mass is 10.2. The predicted molar refractivity (Wildman–Crippen MR) is 77.9 cm³/mol. The Balaban J connectivity index is 2.16. The summed E-state index contributed by atoms with van der Waals surface area (Å²) in [7, 11) is -1.98. The Morgan fingerprint density at radius 3 is 2.45 bits per heavy atom. The molecule has 1 heterocycles. The first kappa shape index (κ1) is 17.4. The summed E-state index contributed by atoms with van der Waals surface area (Å²) in [5.41, 5.74) is 0. The Hall–Kier alpha value is -0.660. The van der Waals surface area contributed by atoms with Crippen LogP contribution in [-0.4, -0.2) is 58.3 Å². The first-order chi connectivity index (χ1) is 9.53. The second-order valence-electron chi connectivity index (χ2n) is 5.15. The fourth-order valence-corrected chi connectivity index (χ4v) is 3.37. The quantitative estimate of drug-likeness (QED) is 0.669. The number of nitrogens with one attached hydrogen (secondary N) is 1. The molecule has 0 aliphatic carbocycles. The minimum absolute atomic E-state index is 0.0257. The van der Waals surface area contributed by atoms with Crippen LogP contribution in [0.3, 0.4) is 0 Å². The number of nitrogens with zero attached hydrogens (tertiary/aromatic N) is 1. The maximum atomic E-state index is 11.7. The molecule has 0 aromatic carbocycles. The highest BCUT2D eigenvalue weighted by Crippen LogP contribution is 2.08. The molecule has 20 heavy (non-hydrogen) atoms. The van der Waals surface area contributed by atoms with Gasteiger partial charge in [-0.15, -0.1) is 0 Å². The second kappa shape index (κ2) is 9.31. The molecule has 7 heteroatoms. The van der Waals surface area contributed by atoms with E-state index in [1.807, 2.05) is 0 Å². The molecule has 0 bridgehead atoms. The van der Waals surface area contributed by atoms with E-state index in [0.717, 1.165) is 19.6 Å². The Kier molecular flexibility index (Phi) is 8.09. The van der Waals surface area contributed by atoms with Gasteiger partial charge in [0.1, 0.15) is 0 Å². The van der Waals surface area contributed by atoms with Crippen molar-refractivity contribution in [3.63, 3.8) is 0 Å². The zero-order valence-corrected chi connectivity index (χ0v) is 13.1. The zero-order chi connectivity index (χ0) is 14.8. The normalized spacial score (nSPS) is 17.6. The average molecular weight is 306 g/mol. The van der Waals surface area contributed by atoms with Crippen molar-refractivity contribution in [2.45, 2.75) is 38.5 Å². The van der Waals surface area contributed by atoms with Crippen LogP contribution in [0.5, 0.6) is 0 Å². The molecule has 0 saturated carbocycles. The first-order valence-corrected chi connectivity index (χ1v) is 8.95. The highest BCUT2D eigenvalue weighted by Gasteiger charge is 2.13. The molecule has 1 aliphatic rings. The number of carbonyl (C=O) groups excluding carboxylic acids is 1. The Labute approximate surface area is 121 Å². The van der Waals surface area contributed by atoms with Gasteiger partial charge in [0, 0.05) is 19.5 Å². The highest BCUT2D eigenvalue weighted by molar-refractivity contribution is 7.89. The summed E-state index contributed by atoms with van der Waals surface area (Å²) in [6.45, 7) is 3.32. The third-order valence-electron chi connectivity index (χ3n) is 3.47. The summed E-state index contributed by atoms with van der Waals surface area (Å²) < 4.78 is 30.5. The van der Waals surface area contributed by atoms with Gasteiger partial charge in [-0.2, -0.15) is 0 Å². The van der Waals surface area contributed by atoms with E-state index in [1.165, 1.54) is 32.8 Å². The van der Waals surface area contributed by atoms with Crippen LogP contribution in [0.2, 0.25) is 0 Å². The van der Waals surface area contributed by atoms with Crippen LogP contribution in [0.15, 0.2) is 0 Å².